The average molecular weight is 294 g/mol. The smallest absolute Gasteiger partial charge is 0.229 e. The molecule has 0 aromatic heterocycles. The lowest BCUT2D eigenvalue weighted by atomic mass is 9.98. The lowest BCUT2D eigenvalue weighted by Gasteiger charge is -2.33. The summed E-state index contributed by atoms with van der Waals surface area (Å²) in [6.07, 6.45) is -2.39. The van der Waals surface area contributed by atoms with E-state index in [-0.39, 0.29) is 11.7 Å². The highest BCUT2D eigenvalue weighted by Gasteiger charge is 2.55. The molecular weight excluding hydrogens is 278 g/mol. The molecule has 6 N–H and O–H groups in total. The molecule has 5 atom stereocenters. The molecule has 0 aromatic rings. The zero-order chi connectivity index (χ0) is 14.2. The van der Waals surface area contributed by atoms with Crippen molar-refractivity contribution in [3.8, 4) is 0 Å². The first kappa shape index (κ1) is 14.5. The van der Waals surface area contributed by atoms with Crippen LogP contribution in [0.2, 0.25) is 0 Å². The number of rotatable bonds is 3. The van der Waals surface area contributed by atoms with Crippen LogP contribution in [0.1, 0.15) is 0 Å². The predicted octanol–water partition coefficient (Wildman–Crippen LogP) is -2.50. The average Bonchev–Trinajstić information content (AvgIpc) is 2.64. The SMILES string of the molecule is NC1=NC(O)N(C2OC(CO)(CCl)C(O)C2O)C=C1. The number of aliphatic hydroxyl groups excluding tert-OH is 4. The van der Waals surface area contributed by atoms with Gasteiger partial charge in [0.15, 0.2) is 6.23 Å². The van der Waals surface area contributed by atoms with Crippen LogP contribution in [0, 0.1) is 0 Å². The Balaban J connectivity index is 2.21. The maximum absolute atomic E-state index is 9.98. The van der Waals surface area contributed by atoms with Gasteiger partial charge in [0.25, 0.3) is 0 Å². The van der Waals surface area contributed by atoms with Crippen molar-refractivity contribution in [2.45, 2.75) is 30.4 Å². The molecule has 9 heteroatoms. The van der Waals surface area contributed by atoms with E-state index in [2.05, 4.69) is 4.99 Å². The van der Waals surface area contributed by atoms with E-state index >= 15 is 0 Å². The molecule has 0 bridgehead atoms. The van der Waals surface area contributed by atoms with Crippen LogP contribution in [-0.4, -0.2) is 74.0 Å². The Kier molecular flexibility index (Phi) is 4.00. The Labute approximate surface area is 114 Å². The van der Waals surface area contributed by atoms with Crippen LogP contribution in [0.5, 0.6) is 0 Å². The molecule has 0 radical (unpaired) electrons. The molecule has 2 aliphatic heterocycles. The van der Waals surface area contributed by atoms with E-state index in [1.54, 1.807) is 0 Å². The minimum Gasteiger partial charge on any atom is -0.393 e. The molecule has 1 fully saturated rings. The maximum Gasteiger partial charge on any atom is 0.229 e. The number of nitrogens with two attached hydrogens (primary N) is 1. The zero-order valence-electron chi connectivity index (χ0n) is 9.93. The summed E-state index contributed by atoms with van der Waals surface area (Å²) in [5.41, 5.74) is 3.94. The van der Waals surface area contributed by atoms with Gasteiger partial charge >= 0.3 is 0 Å². The Hall–Kier alpha value is -0.900. The molecule has 0 amide bonds. The molecule has 0 aromatic carbocycles. The summed E-state index contributed by atoms with van der Waals surface area (Å²) in [6, 6.07) is 0. The number of hydrogen-bond acceptors (Lipinski definition) is 8. The summed E-state index contributed by atoms with van der Waals surface area (Å²) in [6.45, 7) is -0.565. The van der Waals surface area contributed by atoms with Gasteiger partial charge in [0, 0.05) is 6.20 Å². The number of nitrogens with zero attached hydrogens (tertiary/aromatic N) is 2. The van der Waals surface area contributed by atoms with Crippen LogP contribution in [0.25, 0.3) is 0 Å². The summed E-state index contributed by atoms with van der Waals surface area (Å²) in [7, 11) is 0. The van der Waals surface area contributed by atoms with Crippen molar-refractivity contribution in [3.63, 3.8) is 0 Å². The van der Waals surface area contributed by atoms with Crippen molar-refractivity contribution in [2.24, 2.45) is 10.7 Å². The van der Waals surface area contributed by atoms with Crippen molar-refractivity contribution in [3.05, 3.63) is 12.3 Å². The number of halogens is 1. The van der Waals surface area contributed by atoms with Gasteiger partial charge in [-0.2, -0.15) is 0 Å². The van der Waals surface area contributed by atoms with Gasteiger partial charge in [-0.3, -0.25) is 0 Å². The highest BCUT2D eigenvalue weighted by atomic mass is 35.5. The Morgan fingerprint density at radius 1 is 1.47 bits per heavy atom. The second-order valence-corrected chi connectivity index (χ2v) is 4.73. The summed E-state index contributed by atoms with van der Waals surface area (Å²) < 4.78 is 5.44. The summed E-state index contributed by atoms with van der Waals surface area (Å²) in [4.78, 5) is 4.86. The molecule has 0 spiro atoms. The highest BCUT2D eigenvalue weighted by Crippen LogP contribution is 2.35. The van der Waals surface area contributed by atoms with Gasteiger partial charge < -0.3 is 35.8 Å². The van der Waals surface area contributed by atoms with E-state index in [9.17, 15) is 20.4 Å². The van der Waals surface area contributed by atoms with Gasteiger partial charge in [-0.15, -0.1) is 11.6 Å². The molecule has 0 aliphatic carbocycles. The second-order valence-electron chi connectivity index (χ2n) is 4.46. The fourth-order valence-electron chi connectivity index (χ4n) is 2.07. The first-order valence-electron chi connectivity index (χ1n) is 5.63. The molecular formula is C10H16ClN3O5. The van der Waals surface area contributed by atoms with Gasteiger partial charge in [0.05, 0.1) is 12.5 Å². The second kappa shape index (κ2) is 5.23. The topological polar surface area (TPSA) is 132 Å². The van der Waals surface area contributed by atoms with E-state index in [1.807, 2.05) is 0 Å². The van der Waals surface area contributed by atoms with Crippen LogP contribution in [0.3, 0.4) is 0 Å². The summed E-state index contributed by atoms with van der Waals surface area (Å²) in [5.74, 6) is -0.0837. The fourth-order valence-corrected chi connectivity index (χ4v) is 2.37. The van der Waals surface area contributed by atoms with E-state index in [0.29, 0.717) is 0 Å². The Bertz CT molecular complexity index is 401. The molecule has 2 heterocycles. The van der Waals surface area contributed by atoms with E-state index in [1.165, 1.54) is 17.2 Å². The third kappa shape index (κ3) is 2.31. The van der Waals surface area contributed by atoms with Crippen molar-refractivity contribution < 1.29 is 25.2 Å². The van der Waals surface area contributed by atoms with Crippen molar-refractivity contribution in [1.29, 1.82) is 0 Å². The number of aliphatic imine (C=N–C) groups is 1. The third-order valence-corrected chi connectivity index (χ3v) is 3.70. The predicted molar refractivity (Wildman–Crippen MR) is 66.0 cm³/mol. The van der Waals surface area contributed by atoms with Gasteiger partial charge in [-0.05, 0) is 6.08 Å². The highest BCUT2D eigenvalue weighted by molar-refractivity contribution is 6.18. The van der Waals surface area contributed by atoms with Crippen LogP contribution in [0.4, 0.5) is 0 Å². The van der Waals surface area contributed by atoms with Crippen LogP contribution in [-0.2, 0) is 4.74 Å². The van der Waals surface area contributed by atoms with Gasteiger partial charge in [0.1, 0.15) is 23.6 Å². The lowest BCUT2D eigenvalue weighted by Crippen LogP contribution is -2.48. The van der Waals surface area contributed by atoms with Crippen molar-refractivity contribution in [2.75, 3.05) is 12.5 Å². The Morgan fingerprint density at radius 2 is 2.16 bits per heavy atom. The number of aliphatic hydroxyl groups is 4. The van der Waals surface area contributed by atoms with Crippen LogP contribution in [0.15, 0.2) is 17.3 Å². The molecule has 2 rings (SSSR count). The minimum atomic E-state index is -1.48. The third-order valence-electron chi connectivity index (χ3n) is 3.25. The standard InChI is InChI=1S/C10H16ClN3O5/c11-3-10(4-15)7(17)6(16)8(19-10)14-2-1-5(12)13-9(14)18/h1-2,6-9,15-18H,3-4H2,(H2,12,13). The zero-order valence-corrected chi connectivity index (χ0v) is 10.7. The Morgan fingerprint density at radius 3 is 2.63 bits per heavy atom. The molecule has 108 valence electrons. The number of ether oxygens (including phenoxy) is 1. The number of amidine groups is 1. The van der Waals surface area contributed by atoms with Crippen LogP contribution >= 0.6 is 11.6 Å². The monoisotopic (exact) mass is 293 g/mol. The summed E-state index contributed by atoms with van der Waals surface area (Å²) in [5, 5.41) is 39.0. The van der Waals surface area contributed by atoms with E-state index in [4.69, 9.17) is 22.1 Å². The minimum absolute atomic E-state index is 0.127. The number of alkyl halides is 1. The molecule has 0 saturated carbocycles. The molecule has 5 unspecified atom stereocenters. The largest absolute Gasteiger partial charge is 0.393 e. The van der Waals surface area contributed by atoms with Crippen LogP contribution < -0.4 is 5.73 Å². The first-order valence-corrected chi connectivity index (χ1v) is 6.16. The van der Waals surface area contributed by atoms with Gasteiger partial charge in [0.2, 0.25) is 6.35 Å². The number of hydrogen-bond donors (Lipinski definition) is 5. The quantitative estimate of drug-likeness (QED) is 0.363. The van der Waals surface area contributed by atoms with E-state index in [0.717, 1.165) is 0 Å². The van der Waals surface area contributed by atoms with Gasteiger partial charge in [-0.1, -0.05) is 0 Å². The molecule has 1 saturated heterocycles. The fraction of sp³-hybridized carbons (Fsp3) is 0.700. The van der Waals surface area contributed by atoms with Crippen molar-refractivity contribution >= 4 is 17.4 Å². The lowest BCUT2D eigenvalue weighted by molar-refractivity contribution is -0.158. The first-order chi connectivity index (χ1) is 8.95. The van der Waals surface area contributed by atoms with Crippen molar-refractivity contribution in [1.82, 2.24) is 4.90 Å². The molecule has 8 nitrogen and oxygen atoms in total. The van der Waals surface area contributed by atoms with Gasteiger partial charge in [-0.25, -0.2) is 4.99 Å². The molecule has 19 heavy (non-hydrogen) atoms. The van der Waals surface area contributed by atoms with E-state index < -0.39 is 37.0 Å². The summed E-state index contributed by atoms with van der Waals surface area (Å²) >= 11 is 5.69. The normalized spacial score (nSPS) is 42.6. The maximum atomic E-state index is 9.98. The molecule has 2 aliphatic rings.